The highest BCUT2D eigenvalue weighted by molar-refractivity contribution is 7.33. The summed E-state index contributed by atoms with van der Waals surface area (Å²) in [5, 5.41) is 0.393. The molecular formula is C40H52O5PS3+. The van der Waals surface area contributed by atoms with E-state index in [4.69, 9.17) is 14.0 Å². The number of rotatable bonds is 23. The van der Waals surface area contributed by atoms with Gasteiger partial charge in [-0.1, -0.05) is 115 Å². The lowest BCUT2D eigenvalue weighted by molar-refractivity contribution is 0.299. The van der Waals surface area contributed by atoms with Crippen LogP contribution in [0.15, 0.2) is 48.5 Å². The molecule has 0 aliphatic heterocycles. The van der Waals surface area contributed by atoms with Gasteiger partial charge in [0.05, 0.1) is 18.1 Å². The van der Waals surface area contributed by atoms with Crippen molar-refractivity contribution in [2.75, 3.05) is 13.2 Å². The molecule has 3 heterocycles. The number of hydrogen-bond donors (Lipinski definition) is 1. The van der Waals surface area contributed by atoms with Gasteiger partial charge in [0, 0.05) is 41.6 Å². The Hall–Kier alpha value is -2.66. The van der Waals surface area contributed by atoms with Crippen LogP contribution in [-0.2, 0) is 4.57 Å². The molecule has 0 spiro atoms. The van der Waals surface area contributed by atoms with E-state index in [0.717, 1.165) is 69.4 Å². The van der Waals surface area contributed by atoms with Gasteiger partial charge >= 0.3 is 8.25 Å². The fourth-order valence-corrected chi connectivity index (χ4v) is 8.80. The molecule has 0 fully saturated rings. The van der Waals surface area contributed by atoms with E-state index in [9.17, 15) is 9.46 Å². The SMILES string of the molecule is CCCCCCCCC#Cc1ccc(-c2ccc(-c3cc(OCCCCCC)c(-c4ccc(O[P+](=O)O)s4)cc3OCCCCCC)s2)s1. The number of thiophene rings is 3. The molecule has 1 N–H and O–H groups in total. The van der Waals surface area contributed by atoms with Crippen LogP contribution in [0.4, 0.5) is 0 Å². The van der Waals surface area contributed by atoms with Gasteiger partial charge in [0.1, 0.15) is 11.5 Å². The lowest BCUT2D eigenvalue weighted by Crippen LogP contribution is -2.02. The molecule has 0 radical (unpaired) electrons. The van der Waals surface area contributed by atoms with Crippen LogP contribution in [0, 0.1) is 11.8 Å². The van der Waals surface area contributed by atoms with Crippen molar-refractivity contribution in [3.8, 4) is 59.0 Å². The Balaban J connectivity index is 1.59. The molecule has 9 heteroatoms. The van der Waals surface area contributed by atoms with Crippen LogP contribution in [-0.4, -0.2) is 18.1 Å². The normalized spacial score (nSPS) is 11.3. The van der Waals surface area contributed by atoms with Gasteiger partial charge in [0.2, 0.25) is 5.06 Å². The van der Waals surface area contributed by atoms with Crippen LogP contribution in [0.2, 0.25) is 0 Å². The zero-order chi connectivity index (χ0) is 34.7. The standard InChI is InChI=1S/C40H51O5PS3/c1-4-7-10-13-14-15-16-17-20-31-21-22-38(47-31)39-24-23-36(48-39)32-29-35(44-28-19-12-9-6-3)33(30-34(32)43-27-18-11-8-5-2)37-25-26-40(49-37)45-46(41)42/h21-26,29-30H,4-16,18-19,27-28H2,1-3H3/p+1. The monoisotopic (exact) mass is 739 g/mol. The summed E-state index contributed by atoms with van der Waals surface area (Å²) in [6.07, 6.45) is 17.6. The van der Waals surface area contributed by atoms with Crippen LogP contribution in [0.5, 0.6) is 16.6 Å². The molecule has 4 rings (SSSR count). The fraction of sp³-hybridized carbons (Fsp3) is 0.500. The summed E-state index contributed by atoms with van der Waals surface area (Å²) in [6, 6.07) is 16.5. The summed E-state index contributed by atoms with van der Waals surface area (Å²) in [5.41, 5.74) is 1.91. The number of ether oxygens (including phenoxy) is 2. The summed E-state index contributed by atoms with van der Waals surface area (Å²) in [7, 11) is -2.73. The third kappa shape index (κ3) is 13.2. The first-order chi connectivity index (χ1) is 24.0. The second kappa shape index (κ2) is 22.2. The first-order valence-corrected chi connectivity index (χ1v) is 21.7. The molecule has 3 aromatic heterocycles. The topological polar surface area (TPSA) is 65.0 Å². The van der Waals surface area contributed by atoms with Gasteiger partial charge in [-0.25, -0.2) is 4.52 Å². The lowest BCUT2D eigenvalue weighted by Gasteiger charge is -2.17. The minimum atomic E-state index is -2.73. The van der Waals surface area contributed by atoms with E-state index in [1.807, 2.05) is 6.07 Å². The van der Waals surface area contributed by atoms with Gasteiger partial charge in [0.25, 0.3) is 0 Å². The predicted octanol–water partition coefficient (Wildman–Crippen LogP) is 13.9. The molecule has 0 aliphatic rings. The zero-order valence-corrected chi connectivity index (χ0v) is 32.7. The third-order valence-corrected chi connectivity index (χ3v) is 12.0. The minimum Gasteiger partial charge on any atom is -0.493 e. The average Bonchev–Trinajstić information content (AvgIpc) is 3.87. The van der Waals surface area contributed by atoms with E-state index in [1.165, 1.54) is 85.3 Å². The molecule has 1 aromatic carbocycles. The van der Waals surface area contributed by atoms with Gasteiger partial charge in [-0.05, 0) is 67.8 Å². The van der Waals surface area contributed by atoms with Crippen LogP contribution in [0.25, 0.3) is 30.6 Å². The van der Waals surface area contributed by atoms with E-state index >= 15 is 0 Å². The molecule has 0 saturated heterocycles. The zero-order valence-electron chi connectivity index (χ0n) is 29.4. The summed E-state index contributed by atoms with van der Waals surface area (Å²) < 4.78 is 29.5. The summed E-state index contributed by atoms with van der Waals surface area (Å²) in [6.45, 7) is 7.93. The van der Waals surface area contributed by atoms with E-state index in [-0.39, 0.29) is 0 Å². The number of hydrogen-bond acceptors (Lipinski definition) is 7. The van der Waals surface area contributed by atoms with Crippen molar-refractivity contribution in [1.29, 1.82) is 0 Å². The molecule has 4 aromatic rings. The van der Waals surface area contributed by atoms with Crippen LogP contribution in [0.3, 0.4) is 0 Å². The average molecular weight is 740 g/mol. The minimum absolute atomic E-state index is 0.393. The van der Waals surface area contributed by atoms with Crippen molar-refractivity contribution in [1.82, 2.24) is 0 Å². The van der Waals surface area contributed by atoms with Crippen molar-refractivity contribution >= 4 is 42.3 Å². The first-order valence-electron chi connectivity index (χ1n) is 18.1. The van der Waals surface area contributed by atoms with Crippen molar-refractivity contribution in [3.63, 3.8) is 0 Å². The van der Waals surface area contributed by atoms with E-state index in [0.29, 0.717) is 18.3 Å². The Bertz CT molecular complexity index is 1630. The molecule has 1 unspecified atom stereocenters. The summed E-state index contributed by atoms with van der Waals surface area (Å²) in [4.78, 5) is 14.9. The summed E-state index contributed by atoms with van der Waals surface area (Å²) >= 11 is 4.84. The lowest BCUT2D eigenvalue weighted by atomic mass is 10.1. The molecule has 49 heavy (non-hydrogen) atoms. The second-order valence-corrected chi connectivity index (χ2v) is 16.1. The van der Waals surface area contributed by atoms with Crippen molar-refractivity contribution in [2.45, 2.75) is 117 Å². The second-order valence-electron chi connectivity index (χ2n) is 12.3. The first kappa shape index (κ1) is 39.1. The highest BCUT2D eigenvalue weighted by Crippen LogP contribution is 2.47. The molecule has 1 atom stereocenters. The van der Waals surface area contributed by atoms with Crippen LogP contribution >= 0.6 is 42.3 Å². The van der Waals surface area contributed by atoms with Gasteiger partial charge in [-0.2, -0.15) is 0 Å². The van der Waals surface area contributed by atoms with Crippen LogP contribution in [0.1, 0.15) is 122 Å². The van der Waals surface area contributed by atoms with E-state index < -0.39 is 8.25 Å². The van der Waals surface area contributed by atoms with E-state index in [2.05, 4.69) is 69.0 Å². The van der Waals surface area contributed by atoms with Gasteiger partial charge in [-0.15, -0.1) is 27.6 Å². The summed E-state index contributed by atoms with van der Waals surface area (Å²) in [5.74, 6) is 8.38. The van der Waals surface area contributed by atoms with Crippen molar-refractivity contribution < 1.29 is 23.5 Å². The van der Waals surface area contributed by atoms with E-state index in [1.54, 1.807) is 28.7 Å². The Morgan fingerprint density at radius 1 is 0.612 bits per heavy atom. The maximum Gasteiger partial charge on any atom is 0.748 e. The Labute approximate surface area is 307 Å². The number of unbranched alkanes of at least 4 members (excludes halogenated alkanes) is 12. The Morgan fingerprint density at radius 3 is 1.76 bits per heavy atom. The molecule has 264 valence electrons. The highest BCUT2D eigenvalue weighted by Gasteiger charge is 2.21. The third-order valence-electron chi connectivity index (χ3n) is 8.19. The molecular weight excluding hydrogens is 688 g/mol. The molecule has 0 aliphatic carbocycles. The maximum absolute atomic E-state index is 11.4. The molecule has 0 amide bonds. The van der Waals surface area contributed by atoms with Gasteiger partial charge in [-0.3, -0.25) is 0 Å². The Morgan fingerprint density at radius 2 is 1.12 bits per heavy atom. The fourth-order valence-electron chi connectivity index (χ4n) is 5.49. The van der Waals surface area contributed by atoms with Crippen LogP contribution < -0.4 is 14.0 Å². The van der Waals surface area contributed by atoms with Gasteiger partial charge in [0.15, 0.2) is 0 Å². The Kier molecular flexibility index (Phi) is 17.7. The van der Waals surface area contributed by atoms with Crippen molar-refractivity contribution in [3.05, 3.63) is 53.4 Å². The maximum atomic E-state index is 11.4. The molecule has 0 saturated carbocycles. The van der Waals surface area contributed by atoms with Crippen molar-refractivity contribution in [2.24, 2.45) is 0 Å². The molecule has 5 nitrogen and oxygen atoms in total. The quantitative estimate of drug-likeness (QED) is 0.0466. The molecule has 0 bridgehead atoms. The van der Waals surface area contributed by atoms with Gasteiger partial charge < -0.3 is 9.47 Å². The predicted molar refractivity (Wildman–Crippen MR) is 211 cm³/mol. The highest BCUT2D eigenvalue weighted by atomic mass is 32.1. The number of benzene rings is 1. The largest absolute Gasteiger partial charge is 0.748 e. The smallest absolute Gasteiger partial charge is 0.493 e.